The van der Waals surface area contributed by atoms with Crippen LogP contribution in [-0.2, 0) is 0 Å². The number of hydrogen-bond donors (Lipinski definition) is 3. The fourth-order valence-corrected chi connectivity index (χ4v) is 3.13. The summed E-state index contributed by atoms with van der Waals surface area (Å²) in [6.07, 6.45) is 4.18. The van der Waals surface area contributed by atoms with E-state index in [1.54, 1.807) is 6.20 Å². The van der Waals surface area contributed by atoms with Gasteiger partial charge < -0.3 is 10.6 Å². The van der Waals surface area contributed by atoms with Crippen molar-refractivity contribution >= 4 is 61.8 Å². The Morgan fingerprint density at radius 2 is 2.04 bits per heavy atom. The lowest BCUT2D eigenvalue weighted by molar-refractivity contribution is 0.966. The first kappa shape index (κ1) is 15.8. The molecule has 3 aromatic rings. The van der Waals surface area contributed by atoms with Crippen LogP contribution < -0.4 is 10.6 Å². The Balaban J connectivity index is 1.55. The molecule has 2 aromatic heterocycles. The zero-order valence-corrected chi connectivity index (χ0v) is 16.3. The van der Waals surface area contributed by atoms with Gasteiger partial charge in [-0.05, 0) is 63.5 Å². The maximum Gasteiger partial charge on any atom is 0.229 e. The average Bonchev–Trinajstić information content (AvgIpc) is 3.33. The monoisotopic (exact) mass is 496 g/mol. The van der Waals surface area contributed by atoms with Crippen LogP contribution in [0.5, 0.6) is 0 Å². The van der Waals surface area contributed by atoms with Gasteiger partial charge in [0, 0.05) is 21.8 Å². The smallest absolute Gasteiger partial charge is 0.229 e. The van der Waals surface area contributed by atoms with Gasteiger partial charge >= 0.3 is 0 Å². The summed E-state index contributed by atoms with van der Waals surface area (Å²) in [4.78, 5) is 8.86. The molecule has 24 heavy (non-hydrogen) atoms. The number of aromatic amines is 1. The Bertz CT molecular complexity index is 877. The molecule has 1 aromatic carbocycles. The van der Waals surface area contributed by atoms with E-state index in [1.165, 1.54) is 12.8 Å². The van der Waals surface area contributed by atoms with E-state index in [4.69, 9.17) is 0 Å². The molecule has 4 rings (SSSR count). The fraction of sp³-hybridized carbons (Fsp3) is 0.188. The molecular formula is C16H14BrIN6. The van der Waals surface area contributed by atoms with Gasteiger partial charge in [-0.2, -0.15) is 10.1 Å². The van der Waals surface area contributed by atoms with E-state index in [9.17, 15) is 0 Å². The van der Waals surface area contributed by atoms with Crippen molar-refractivity contribution in [1.29, 1.82) is 0 Å². The standard InChI is InChI=1S/C16H14BrIN6/c17-10-8-19-16(20-12-4-2-1-3-11(12)18)22-15(10)21-14-7-13(23-24-14)9-5-6-9/h1-4,7-9H,5-6H2,(H3,19,20,21,22,23,24). The highest BCUT2D eigenvalue weighted by Crippen LogP contribution is 2.39. The number of rotatable bonds is 5. The highest BCUT2D eigenvalue weighted by Gasteiger charge is 2.26. The van der Waals surface area contributed by atoms with Gasteiger partial charge in [-0.15, -0.1) is 0 Å². The van der Waals surface area contributed by atoms with E-state index in [0.29, 0.717) is 17.7 Å². The van der Waals surface area contributed by atoms with E-state index < -0.39 is 0 Å². The summed E-state index contributed by atoms with van der Waals surface area (Å²) in [7, 11) is 0. The highest BCUT2D eigenvalue weighted by molar-refractivity contribution is 14.1. The van der Waals surface area contributed by atoms with E-state index in [1.807, 2.05) is 30.3 Å². The number of anilines is 4. The normalized spacial score (nSPS) is 13.8. The maximum atomic E-state index is 4.54. The van der Waals surface area contributed by atoms with Crippen molar-refractivity contribution in [3.8, 4) is 0 Å². The minimum Gasteiger partial charge on any atom is -0.324 e. The van der Waals surface area contributed by atoms with Gasteiger partial charge in [0.25, 0.3) is 0 Å². The third-order valence-corrected chi connectivity index (χ3v) is 5.23. The van der Waals surface area contributed by atoms with Crippen LogP contribution in [0.25, 0.3) is 0 Å². The summed E-state index contributed by atoms with van der Waals surface area (Å²) in [6, 6.07) is 10.0. The molecular weight excluding hydrogens is 483 g/mol. The van der Waals surface area contributed by atoms with Crippen molar-refractivity contribution in [2.75, 3.05) is 10.6 Å². The predicted octanol–water partition coefficient (Wildman–Crippen LogP) is 4.93. The van der Waals surface area contributed by atoms with Crippen LogP contribution in [0.1, 0.15) is 24.5 Å². The highest BCUT2D eigenvalue weighted by atomic mass is 127. The van der Waals surface area contributed by atoms with Crippen LogP contribution in [0.3, 0.4) is 0 Å². The first-order valence-electron chi connectivity index (χ1n) is 7.55. The SMILES string of the molecule is Brc1cnc(Nc2ccccc2I)nc1Nc1cc(C2CC2)n[nH]1. The number of para-hydroxylation sites is 1. The molecule has 0 bridgehead atoms. The minimum atomic E-state index is 0.534. The van der Waals surface area contributed by atoms with Crippen LogP contribution in [0.2, 0.25) is 0 Å². The summed E-state index contributed by atoms with van der Waals surface area (Å²) in [5, 5.41) is 13.9. The molecule has 1 aliphatic carbocycles. The third kappa shape index (κ3) is 3.54. The van der Waals surface area contributed by atoms with Gasteiger partial charge in [0.05, 0.1) is 15.9 Å². The second kappa shape index (κ2) is 6.67. The Hall–Kier alpha value is -1.68. The van der Waals surface area contributed by atoms with Crippen LogP contribution in [0.15, 0.2) is 41.0 Å². The molecule has 0 atom stereocenters. The lowest BCUT2D eigenvalue weighted by atomic mass is 10.3. The van der Waals surface area contributed by atoms with Crippen LogP contribution in [-0.4, -0.2) is 20.2 Å². The third-order valence-electron chi connectivity index (χ3n) is 3.71. The molecule has 122 valence electrons. The topological polar surface area (TPSA) is 78.5 Å². The molecule has 8 heteroatoms. The summed E-state index contributed by atoms with van der Waals surface area (Å²) in [5.74, 6) is 2.66. The van der Waals surface area contributed by atoms with Crippen LogP contribution in [0, 0.1) is 3.57 Å². The number of halogens is 2. The Labute approximate surface area is 161 Å². The second-order valence-electron chi connectivity index (χ2n) is 5.60. The largest absolute Gasteiger partial charge is 0.324 e. The number of H-pyrrole nitrogens is 1. The maximum absolute atomic E-state index is 4.54. The van der Waals surface area contributed by atoms with Crippen molar-refractivity contribution in [3.63, 3.8) is 0 Å². The number of benzene rings is 1. The molecule has 2 heterocycles. The minimum absolute atomic E-state index is 0.534. The lowest BCUT2D eigenvalue weighted by Crippen LogP contribution is -2.02. The molecule has 1 fully saturated rings. The van der Waals surface area contributed by atoms with Crippen molar-refractivity contribution < 1.29 is 0 Å². The van der Waals surface area contributed by atoms with Crippen LogP contribution in [0.4, 0.5) is 23.3 Å². The number of aromatic nitrogens is 4. The molecule has 0 radical (unpaired) electrons. The van der Waals surface area contributed by atoms with E-state index in [0.717, 1.165) is 25.2 Å². The van der Waals surface area contributed by atoms with Crippen molar-refractivity contribution in [1.82, 2.24) is 20.2 Å². The first-order valence-corrected chi connectivity index (χ1v) is 9.42. The van der Waals surface area contributed by atoms with Gasteiger partial charge in [-0.3, -0.25) is 5.10 Å². The van der Waals surface area contributed by atoms with Gasteiger partial charge in [0.2, 0.25) is 5.95 Å². The fourth-order valence-electron chi connectivity index (χ4n) is 2.32. The summed E-state index contributed by atoms with van der Waals surface area (Å²) in [5.41, 5.74) is 2.09. The zero-order chi connectivity index (χ0) is 16.5. The molecule has 0 unspecified atom stereocenters. The van der Waals surface area contributed by atoms with E-state index in [-0.39, 0.29) is 0 Å². The van der Waals surface area contributed by atoms with Crippen LogP contribution >= 0.6 is 38.5 Å². The number of hydrogen-bond acceptors (Lipinski definition) is 5. The van der Waals surface area contributed by atoms with Gasteiger partial charge in [0.1, 0.15) is 5.82 Å². The zero-order valence-electron chi connectivity index (χ0n) is 12.6. The average molecular weight is 497 g/mol. The molecule has 0 saturated heterocycles. The molecule has 0 aliphatic heterocycles. The van der Waals surface area contributed by atoms with E-state index >= 15 is 0 Å². The predicted molar refractivity (Wildman–Crippen MR) is 106 cm³/mol. The number of nitrogens with zero attached hydrogens (tertiary/aromatic N) is 3. The summed E-state index contributed by atoms with van der Waals surface area (Å²) >= 11 is 5.76. The summed E-state index contributed by atoms with van der Waals surface area (Å²) < 4.78 is 1.90. The van der Waals surface area contributed by atoms with E-state index in [2.05, 4.69) is 69.3 Å². The summed E-state index contributed by atoms with van der Waals surface area (Å²) in [6.45, 7) is 0. The lowest BCUT2D eigenvalue weighted by Gasteiger charge is -2.10. The van der Waals surface area contributed by atoms with Crippen molar-refractivity contribution in [3.05, 3.63) is 50.3 Å². The Kier molecular flexibility index (Phi) is 4.40. The van der Waals surface area contributed by atoms with Gasteiger partial charge in [-0.25, -0.2) is 4.98 Å². The van der Waals surface area contributed by atoms with Gasteiger partial charge in [-0.1, -0.05) is 12.1 Å². The molecule has 6 nitrogen and oxygen atoms in total. The first-order chi connectivity index (χ1) is 11.7. The Morgan fingerprint density at radius 1 is 1.21 bits per heavy atom. The molecule has 1 aliphatic rings. The molecule has 0 amide bonds. The van der Waals surface area contributed by atoms with Crippen molar-refractivity contribution in [2.24, 2.45) is 0 Å². The van der Waals surface area contributed by atoms with Crippen molar-refractivity contribution in [2.45, 2.75) is 18.8 Å². The molecule has 0 spiro atoms. The second-order valence-corrected chi connectivity index (χ2v) is 7.62. The van der Waals surface area contributed by atoms with Gasteiger partial charge in [0.15, 0.2) is 5.82 Å². The molecule has 3 N–H and O–H groups in total. The molecule has 1 saturated carbocycles. The quantitative estimate of drug-likeness (QED) is 0.436. The Morgan fingerprint density at radius 3 is 2.83 bits per heavy atom. The number of nitrogens with one attached hydrogen (secondary N) is 3.